The number of nitrogen functional groups attached to an aromatic ring is 1. The van der Waals surface area contributed by atoms with Crippen LogP contribution in [0.1, 0.15) is 43.5 Å². The largest absolute Gasteiger partial charge is 0.491 e. The molecule has 6 heteroatoms. The standard InChI is InChI=1S/C21H27N3O3/c1-5-26-21(25)19(24-17-8-6-15(7-9-17)20(22)23)16-10-14(4)11-18(12-16)27-13(2)3/h6-13,19,24H,5H2,1-4H3,(H3,22,23). The molecule has 144 valence electrons. The summed E-state index contributed by atoms with van der Waals surface area (Å²) in [7, 11) is 0. The van der Waals surface area contributed by atoms with Gasteiger partial charge in [0.1, 0.15) is 11.6 Å². The Labute approximate surface area is 160 Å². The SMILES string of the molecule is CCOC(=O)C(Nc1ccc(C(=N)N)cc1)c1cc(C)cc(OC(C)C)c1. The molecule has 6 nitrogen and oxygen atoms in total. The van der Waals surface area contributed by atoms with Crippen molar-refractivity contribution in [3.63, 3.8) is 0 Å². The average Bonchev–Trinajstić information content (AvgIpc) is 2.59. The molecule has 0 radical (unpaired) electrons. The van der Waals surface area contributed by atoms with Crippen LogP contribution in [-0.2, 0) is 9.53 Å². The third kappa shape index (κ3) is 5.74. The van der Waals surface area contributed by atoms with E-state index in [1.807, 2.05) is 39.0 Å². The van der Waals surface area contributed by atoms with Gasteiger partial charge in [-0.3, -0.25) is 5.41 Å². The third-order valence-electron chi connectivity index (χ3n) is 3.81. The molecule has 0 heterocycles. The first-order chi connectivity index (χ1) is 12.8. The zero-order valence-corrected chi connectivity index (χ0v) is 16.2. The van der Waals surface area contributed by atoms with Crippen LogP contribution in [0.3, 0.4) is 0 Å². The molecule has 0 aliphatic heterocycles. The summed E-state index contributed by atoms with van der Waals surface area (Å²) in [5.74, 6) is 0.343. The van der Waals surface area contributed by atoms with Crippen molar-refractivity contribution in [2.24, 2.45) is 5.73 Å². The molecule has 4 N–H and O–H groups in total. The normalized spacial score (nSPS) is 11.7. The van der Waals surface area contributed by atoms with Crippen LogP contribution in [0.25, 0.3) is 0 Å². The Morgan fingerprint density at radius 1 is 1.19 bits per heavy atom. The number of anilines is 1. The molecule has 0 aliphatic rings. The van der Waals surface area contributed by atoms with Gasteiger partial charge in [0.15, 0.2) is 6.04 Å². The van der Waals surface area contributed by atoms with Crippen LogP contribution in [0.5, 0.6) is 5.75 Å². The van der Waals surface area contributed by atoms with Gasteiger partial charge in [-0.1, -0.05) is 6.07 Å². The number of rotatable bonds is 8. The van der Waals surface area contributed by atoms with Crippen molar-refractivity contribution < 1.29 is 14.3 Å². The predicted octanol–water partition coefficient (Wildman–Crippen LogP) is 3.78. The van der Waals surface area contributed by atoms with E-state index < -0.39 is 6.04 Å². The molecule has 0 saturated carbocycles. The number of amidine groups is 1. The van der Waals surface area contributed by atoms with Crippen molar-refractivity contribution in [2.75, 3.05) is 11.9 Å². The molecule has 0 saturated heterocycles. The number of aryl methyl sites for hydroxylation is 1. The Hall–Kier alpha value is -3.02. The number of benzene rings is 2. The van der Waals surface area contributed by atoms with Crippen LogP contribution in [-0.4, -0.2) is 24.5 Å². The summed E-state index contributed by atoms with van der Waals surface area (Å²) >= 11 is 0. The Bertz CT molecular complexity index is 801. The maximum absolute atomic E-state index is 12.6. The van der Waals surface area contributed by atoms with Crippen molar-refractivity contribution in [3.05, 3.63) is 59.2 Å². The quantitative estimate of drug-likeness (QED) is 0.374. The lowest BCUT2D eigenvalue weighted by atomic mass is 10.0. The maximum Gasteiger partial charge on any atom is 0.333 e. The van der Waals surface area contributed by atoms with Gasteiger partial charge in [-0.05, 0) is 75.2 Å². The number of hydrogen-bond donors (Lipinski definition) is 3. The minimum atomic E-state index is -0.678. The van der Waals surface area contributed by atoms with Crippen molar-refractivity contribution in [3.8, 4) is 5.75 Å². The predicted molar refractivity (Wildman–Crippen MR) is 107 cm³/mol. The minimum absolute atomic E-state index is 0.00217. The van der Waals surface area contributed by atoms with E-state index in [2.05, 4.69) is 5.32 Å². The van der Waals surface area contributed by atoms with Crippen LogP contribution in [0.2, 0.25) is 0 Å². The van der Waals surface area contributed by atoms with E-state index in [1.165, 1.54) is 0 Å². The van der Waals surface area contributed by atoms with E-state index in [4.69, 9.17) is 20.6 Å². The lowest BCUT2D eigenvalue weighted by molar-refractivity contribution is -0.144. The topological polar surface area (TPSA) is 97.4 Å². The highest BCUT2D eigenvalue weighted by Crippen LogP contribution is 2.27. The molecule has 0 spiro atoms. The Morgan fingerprint density at radius 3 is 2.41 bits per heavy atom. The van der Waals surface area contributed by atoms with Crippen LogP contribution in [0.15, 0.2) is 42.5 Å². The molecule has 27 heavy (non-hydrogen) atoms. The maximum atomic E-state index is 12.6. The molecule has 0 amide bonds. The van der Waals surface area contributed by atoms with E-state index in [0.717, 1.165) is 16.8 Å². The summed E-state index contributed by atoms with van der Waals surface area (Å²) in [6.07, 6.45) is 0.0350. The number of carbonyl (C=O) groups excluding carboxylic acids is 1. The monoisotopic (exact) mass is 369 g/mol. The zero-order valence-electron chi connectivity index (χ0n) is 16.2. The highest BCUT2D eigenvalue weighted by atomic mass is 16.5. The Balaban J connectivity index is 2.35. The molecule has 1 unspecified atom stereocenters. The average molecular weight is 369 g/mol. The lowest BCUT2D eigenvalue weighted by Gasteiger charge is -2.21. The van der Waals surface area contributed by atoms with Gasteiger partial charge >= 0.3 is 5.97 Å². The first kappa shape index (κ1) is 20.3. The van der Waals surface area contributed by atoms with Crippen LogP contribution >= 0.6 is 0 Å². The van der Waals surface area contributed by atoms with Crippen LogP contribution < -0.4 is 15.8 Å². The van der Waals surface area contributed by atoms with Crippen LogP contribution in [0, 0.1) is 12.3 Å². The fraction of sp³-hybridized carbons (Fsp3) is 0.333. The number of nitrogens with two attached hydrogens (primary N) is 1. The van der Waals surface area contributed by atoms with Gasteiger partial charge in [0.2, 0.25) is 0 Å². The summed E-state index contributed by atoms with van der Waals surface area (Å²) in [5.41, 5.74) is 8.60. The molecular weight excluding hydrogens is 342 g/mol. The van der Waals surface area contributed by atoms with Gasteiger partial charge < -0.3 is 20.5 Å². The van der Waals surface area contributed by atoms with Gasteiger partial charge in [0, 0.05) is 11.3 Å². The second-order valence-corrected chi connectivity index (χ2v) is 6.57. The molecule has 2 aromatic carbocycles. The van der Waals surface area contributed by atoms with E-state index in [0.29, 0.717) is 17.9 Å². The third-order valence-corrected chi connectivity index (χ3v) is 3.81. The van der Waals surface area contributed by atoms with E-state index >= 15 is 0 Å². The van der Waals surface area contributed by atoms with E-state index in [9.17, 15) is 4.79 Å². The molecule has 0 bridgehead atoms. The van der Waals surface area contributed by atoms with Gasteiger partial charge in [0.25, 0.3) is 0 Å². The molecule has 2 aromatic rings. The van der Waals surface area contributed by atoms with Gasteiger partial charge in [-0.15, -0.1) is 0 Å². The fourth-order valence-electron chi connectivity index (χ4n) is 2.70. The second kappa shape index (κ2) is 9.07. The molecule has 1 atom stereocenters. The van der Waals surface area contributed by atoms with Gasteiger partial charge in [-0.2, -0.15) is 0 Å². The number of ether oxygens (including phenoxy) is 2. The molecule has 0 fully saturated rings. The number of carbonyl (C=O) groups is 1. The molecular formula is C21H27N3O3. The Kier molecular flexibility index (Phi) is 6.82. The van der Waals surface area contributed by atoms with Crippen molar-refractivity contribution in [1.29, 1.82) is 5.41 Å². The van der Waals surface area contributed by atoms with E-state index in [-0.39, 0.29) is 17.9 Å². The number of hydrogen-bond acceptors (Lipinski definition) is 5. The van der Waals surface area contributed by atoms with Crippen molar-refractivity contribution in [2.45, 2.75) is 39.8 Å². The van der Waals surface area contributed by atoms with Gasteiger partial charge in [-0.25, -0.2) is 4.79 Å². The minimum Gasteiger partial charge on any atom is -0.491 e. The lowest BCUT2D eigenvalue weighted by Crippen LogP contribution is -2.24. The van der Waals surface area contributed by atoms with Crippen molar-refractivity contribution >= 4 is 17.5 Å². The van der Waals surface area contributed by atoms with E-state index in [1.54, 1.807) is 31.2 Å². The first-order valence-electron chi connectivity index (χ1n) is 8.96. The highest BCUT2D eigenvalue weighted by Gasteiger charge is 2.23. The summed E-state index contributed by atoms with van der Waals surface area (Å²) in [4.78, 5) is 12.6. The first-order valence-corrected chi connectivity index (χ1v) is 8.96. The highest BCUT2D eigenvalue weighted by molar-refractivity contribution is 5.95. The summed E-state index contributed by atoms with van der Waals surface area (Å²) in [6.45, 7) is 7.95. The Morgan fingerprint density at radius 2 is 1.85 bits per heavy atom. The summed E-state index contributed by atoms with van der Waals surface area (Å²) in [6, 6.07) is 12.1. The fourth-order valence-corrected chi connectivity index (χ4v) is 2.70. The summed E-state index contributed by atoms with van der Waals surface area (Å²) < 4.78 is 11.1. The summed E-state index contributed by atoms with van der Waals surface area (Å²) in [5, 5.41) is 10.7. The van der Waals surface area contributed by atoms with Gasteiger partial charge in [0.05, 0.1) is 12.7 Å². The van der Waals surface area contributed by atoms with Crippen molar-refractivity contribution in [1.82, 2.24) is 0 Å². The molecule has 2 rings (SSSR count). The number of nitrogens with one attached hydrogen (secondary N) is 2. The molecule has 0 aromatic heterocycles. The molecule has 0 aliphatic carbocycles. The zero-order chi connectivity index (χ0) is 20.0. The number of esters is 1. The smallest absolute Gasteiger partial charge is 0.333 e. The second-order valence-electron chi connectivity index (χ2n) is 6.57. The van der Waals surface area contributed by atoms with Crippen LogP contribution in [0.4, 0.5) is 5.69 Å².